The normalized spacial score (nSPS) is 32.5. The lowest BCUT2D eigenvalue weighted by molar-refractivity contribution is -0.141. The molecule has 0 amide bonds. The third-order valence-corrected chi connectivity index (χ3v) is 3.16. The number of carboxylic acids is 1. The fourth-order valence-electron chi connectivity index (χ4n) is 2.51. The molecule has 0 aliphatic carbocycles. The zero-order valence-corrected chi connectivity index (χ0v) is 10.0. The smallest absolute Gasteiger partial charge is 0.309 e. The highest BCUT2D eigenvalue weighted by atomic mass is 16.4. The summed E-state index contributed by atoms with van der Waals surface area (Å²) in [5.74, 6) is -0.960. The number of nitrogens with zero attached hydrogens (tertiary/aromatic N) is 1. The Morgan fingerprint density at radius 1 is 1.60 bits per heavy atom. The molecule has 88 valence electrons. The van der Waals surface area contributed by atoms with Crippen molar-refractivity contribution in [1.29, 1.82) is 0 Å². The zero-order valence-electron chi connectivity index (χ0n) is 10.0. The third kappa shape index (κ3) is 2.69. The van der Waals surface area contributed by atoms with Crippen molar-refractivity contribution in [3.05, 3.63) is 0 Å². The van der Waals surface area contributed by atoms with Crippen LogP contribution in [0.4, 0.5) is 0 Å². The molecule has 1 saturated heterocycles. The Hall–Kier alpha value is -0.610. The molecule has 1 aliphatic heterocycles. The maximum atomic E-state index is 11.1. The predicted octanol–water partition coefficient (Wildman–Crippen LogP) is 0.778. The van der Waals surface area contributed by atoms with Crippen molar-refractivity contribution in [2.24, 2.45) is 5.92 Å². The van der Waals surface area contributed by atoms with Crippen LogP contribution in [0.3, 0.4) is 0 Å². The molecule has 0 saturated carbocycles. The van der Waals surface area contributed by atoms with Gasteiger partial charge in [-0.25, -0.2) is 0 Å². The topological polar surface area (TPSA) is 52.6 Å². The van der Waals surface area contributed by atoms with E-state index in [9.17, 15) is 4.79 Å². The highest BCUT2D eigenvalue weighted by molar-refractivity contribution is 5.72. The minimum atomic E-state index is -0.684. The summed E-state index contributed by atoms with van der Waals surface area (Å²) in [7, 11) is 2.01. The molecule has 0 spiro atoms. The number of carbonyl (C=O) groups is 1. The average molecular weight is 214 g/mol. The van der Waals surface area contributed by atoms with Crippen molar-refractivity contribution in [1.82, 2.24) is 10.2 Å². The van der Waals surface area contributed by atoms with Gasteiger partial charge in [0, 0.05) is 24.7 Å². The fraction of sp³-hybridized carbons (Fsp3) is 0.909. The van der Waals surface area contributed by atoms with Gasteiger partial charge in [-0.3, -0.25) is 4.79 Å². The van der Waals surface area contributed by atoms with E-state index >= 15 is 0 Å². The molecule has 3 unspecified atom stereocenters. The largest absolute Gasteiger partial charge is 0.481 e. The van der Waals surface area contributed by atoms with Crippen LogP contribution in [0.5, 0.6) is 0 Å². The van der Waals surface area contributed by atoms with Crippen LogP contribution < -0.4 is 5.32 Å². The zero-order chi connectivity index (χ0) is 11.6. The summed E-state index contributed by atoms with van der Waals surface area (Å²) in [6.45, 7) is 6.88. The van der Waals surface area contributed by atoms with E-state index in [4.69, 9.17) is 5.11 Å². The van der Waals surface area contributed by atoms with Crippen molar-refractivity contribution in [2.75, 3.05) is 13.6 Å². The first-order valence-electron chi connectivity index (χ1n) is 5.66. The molecule has 0 radical (unpaired) electrons. The Labute approximate surface area is 91.6 Å². The highest BCUT2D eigenvalue weighted by Crippen LogP contribution is 2.25. The molecule has 0 aromatic rings. The van der Waals surface area contributed by atoms with Gasteiger partial charge in [0.2, 0.25) is 0 Å². The van der Waals surface area contributed by atoms with Crippen LogP contribution in [0.2, 0.25) is 0 Å². The molecule has 1 rings (SSSR count). The minimum Gasteiger partial charge on any atom is -0.481 e. The summed E-state index contributed by atoms with van der Waals surface area (Å²) < 4.78 is 0. The van der Waals surface area contributed by atoms with Crippen LogP contribution in [-0.2, 0) is 4.79 Å². The van der Waals surface area contributed by atoms with Crippen LogP contribution in [0.1, 0.15) is 27.2 Å². The van der Waals surface area contributed by atoms with E-state index in [-0.39, 0.29) is 12.0 Å². The van der Waals surface area contributed by atoms with E-state index < -0.39 is 5.97 Å². The standard InChI is InChI=1S/C11H22N2O2/c1-5-9-10(12-7(2)3)8(11(14)15)6-13(9)4/h7-10,12H,5-6H2,1-4H3,(H,14,15). The lowest BCUT2D eigenvalue weighted by Gasteiger charge is -2.27. The second kappa shape index (κ2) is 4.94. The molecule has 0 aromatic carbocycles. The monoisotopic (exact) mass is 214 g/mol. The van der Waals surface area contributed by atoms with Crippen molar-refractivity contribution in [3.8, 4) is 0 Å². The molecule has 1 fully saturated rings. The third-order valence-electron chi connectivity index (χ3n) is 3.16. The number of rotatable bonds is 4. The van der Waals surface area contributed by atoms with E-state index in [0.717, 1.165) is 6.42 Å². The van der Waals surface area contributed by atoms with Gasteiger partial charge in [-0.05, 0) is 13.5 Å². The van der Waals surface area contributed by atoms with Gasteiger partial charge in [-0.1, -0.05) is 20.8 Å². The molecule has 4 nitrogen and oxygen atoms in total. The summed E-state index contributed by atoms with van der Waals surface area (Å²) in [5.41, 5.74) is 0. The number of likely N-dealkylation sites (tertiary alicyclic amines) is 1. The molecule has 2 N–H and O–H groups in total. The number of nitrogens with one attached hydrogen (secondary N) is 1. The summed E-state index contributed by atoms with van der Waals surface area (Å²) in [6, 6.07) is 0.753. The van der Waals surface area contributed by atoms with E-state index in [2.05, 4.69) is 31.0 Å². The quantitative estimate of drug-likeness (QED) is 0.726. The summed E-state index contributed by atoms with van der Waals surface area (Å²) >= 11 is 0. The van der Waals surface area contributed by atoms with Gasteiger partial charge >= 0.3 is 5.97 Å². The Kier molecular flexibility index (Phi) is 4.11. The number of hydrogen-bond acceptors (Lipinski definition) is 3. The molecule has 3 atom stereocenters. The van der Waals surface area contributed by atoms with Crippen molar-refractivity contribution < 1.29 is 9.90 Å². The lowest BCUT2D eigenvalue weighted by atomic mass is 9.96. The van der Waals surface area contributed by atoms with Crippen LogP contribution >= 0.6 is 0 Å². The Balaban J connectivity index is 2.77. The van der Waals surface area contributed by atoms with Crippen LogP contribution in [0.25, 0.3) is 0 Å². The van der Waals surface area contributed by atoms with Crippen LogP contribution in [0, 0.1) is 5.92 Å². The van der Waals surface area contributed by atoms with Gasteiger partial charge < -0.3 is 15.3 Å². The SMILES string of the molecule is CCC1C(NC(C)C)C(C(=O)O)CN1C. The number of likely N-dealkylation sites (N-methyl/N-ethyl adjacent to an activating group) is 1. The maximum Gasteiger partial charge on any atom is 0.309 e. The lowest BCUT2D eigenvalue weighted by Crippen LogP contribution is -2.47. The predicted molar refractivity (Wildman–Crippen MR) is 59.9 cm³/mol. The Bertz CT molecular complexity index is 231. The van der Waals surface area contributed by atoms with Gasteiger partial charge in [-0.2, -0.15) is 0 Å². The summed E-state index contributed by atoms with van der Waals surface area (Å²) in [6.07, 6.45) is 0.991. The van der Waals surface area contributed by atoms with Gasteiger partial charge in [0.05, 0.1) is 5.92 Å². The number of carboxylic acid groups (broad SMARTS) is 1. The molecule has 4 heteroatoms. The summed E-state index contributed by atoms with van der Waals surface area (Å²) in [4.78, 5) is 13.3. The molecule has 1 heterocycles. The average Bonchev–Trinajstić information content (AvgIpc) is 2.41. The first kappa shape index (κ1) is 12.5. The molecule has 0 bridgehead atoms. The second-order valence-electron chi connectivity index (χ2n) is 4.71. The van der Waals surface area contributed by atoms with E-state index in [1.165, 1.54) is 0 Å². The first-order chi connectivity index (χ1) is 6.97. The molecular weight excluding hydrogens is 192 g/mol. The first-order valence-corrected chi connectivity index (χ1v) is 5.66. The molecule has 1 aliphatic rings. The van der Waals surface area contributed by atoms with Gasteiger partial charge in [0.15, 0.2) is 0 Å². The number of aliphatic carboxylic acids is 1. The number of hydrogen-bond donors (Lipinski definition) is 2. The summed E-state index contributed by atoms with van der Waals surface area (Å²) in [5, 5.41) is 12.5. The molecule has 15 heavy (non-hydrogen) atoms. The molecular formula is C11H22N2O2. The Morgan fingerprint density at radius 3 is 2.60 bits per heavy atom. The molecule has 0 aromatic heterocycles. The van der Waals surface area contributed by atoms with Crippen LogP contribution in [-0.4, -0.2) is 47.7 Å². The Morgan fingerprint density at radius 2 is 2.20 bits per heavy atom. The second-order valence-corrected chi connectivity index (χ2v) is 4.71. The highest BCUT2D eigenvalue weighted by Gasteiger charge is 2.42. The van der Waals surface area contributed by atoms with Crippen LogP contribution in [0.15, 0.2) is 0 Å². The maximum absolute atomic E-state index is 11.1. The van der Waals surface area contributed by atoms with E-state index in [0.29, 0.717) is 18.6 Å². The van der Waals surface area contributed by atoms with E-state index in [1.54, 1.807) is 0 Å². The van der Waals surface area contributed by atoms with E-state index in [1.807, 2.05) is 7.05 Å². The van der Waals surface area contributed by atoms with Crippen molar-refractivity contribution in [3.63, 3.8) is 0 Å². The fourth-order valence-corrected chi connectivity index (χ4v) is 2.51. The van der Waals surface area contributed by atoms with Gasteiger partial charge in [0.1, 0.15) is 0 Å². The van der Waals surface area contributed by atoms with Gasteiger partial charge in [-0.15, -0.1) is 0 Å². The van der Waals surface area contributed by atoms with Crippen molar-refractivity contribution >= 4 is 5.97 Å². The van der Waals surface area contributed by atoms with Gasteiger partial charge in [0.25, 0.3) is 0 Å². The van der Waals surface area contributed by atoms with Crippen molar-refractivity contribution in [2.45, 2.75) is 45.3 Å². The minimum absolute atomic E-state index is 0.0810.